The second-order valence-corrected chi connectivity index (χ2v) is 1.97. The van der Waals surface area contributed by atoms with Crippen molar-refractivity contribution >= 4 is 0 Å². The molecule has 0 spiro atoms. The molecule has 0 fully saturated rings. The van der Waals surface area contributed by atoms with E-state index < -0.39 is 0 Å². The summed E-state index contributed by atoms with van der Waals surface area (Å²) >= 11 is 0. The summed E-state index contributed by atoms with van der Waals surface area (Å²) in [4.78, 5) is 12.9. The van der Waals surface area contributed by atoms with E-state index in [1.165, 1.54) is 0 Å². The zero-order valence-corrected chi connectivity index (χ0v) is 5.96. The van der Waals surface area contributed by atoms with Crippen LogP contribution in [0.2, 0.25) is 0 Å². The van der Waals surface area contributed by atoms with E-state index in [1.807, 2.05) is 0 Å². The lowest BCUT2D eigenvalue weighted by molar-refractivity contribution is 0.123. The lowest BCUT2D eigenvalue weighted by Gasteiger charge is -1.96. The highest BCUT2D eigenvalue weighted by Crippen LogP contribution is 1.85. The Bertz CT molecular complexity index is 253. The normalized spacial score (nSPS) is 10.3. The molecule has 62 valence electrons. The van der Waals surface area contributed by atoms with Gasteiger partial charge in [-0.1, -0.05) is 0 Å². The van der Waals surface area contributed by atoms with Crippen LogP contribution in [0.1, 0.15) is 5.82 Å². The number of ether oxygens (including phenoxy) is 1. The zero-order chi connectivity index (χ0) is 8.10. The molecule has 0 saturated heterocycles. The van der Waals surface area contributed by atoms with E-state index in [-0.39, 0.29) is 12.3 Å². The van der Waals surface area contributed by atoms with E-state index in [4.69, 9.17) is 10.5 Å². The molecule has 1 aromatic rings. The third-order valence-electron chi connectivity index (χ3n) is 1.05. The molecule has 0 atom stereocenters. The number of nitrogens with one attached hydrogen (secondary N) is 2. The van der Waals surface area contributed by atoms with Gasteiger partial charge in [-0.15, -0.1) is 0 Å². The van der Waals surface area contributed by atoms with Gasteiger partial charge in [0.1, 0.15) is 6.61 Å². The van der Waals surface area contributed by atoms with Crippen LogP contribution in [0.5, 0.6) is 0 Å². The zero-order valence-electron chi connectivity index (χ0n) is 5.96. The van der Waals surface area contributed by atoms with Gasteiger partial charge in [-0.2, -0.15) is 5.10 Å². The Morgan fingerprint density at radius 3 is 3.00 bits per heavy atom. The van der Waals surface area contributed by atoms with Gasteiger partial charge in [-0.05, 0) is 0 Å². The molecule has 1 heterocycles. The predicted octanol–water partition coefficient (Wildman–Crippen LogP) is -1.43. The minimum absolute atomic E-state index is 0.288. The monoisotopic (exact) mass is 158 g/mol. The molecule has 6 nitrogen and oxygen atoms in total. The van der Waals surface area contributed by atoms with E-state index in [0.29, 0.717) is 19.0 Å². The molecule has 0 amide bonds. The number of nitrogens with two attached hydrogens (primary N) is 1. The summed E-state index contributed by atoms with van der Waals surface area (Å²) in [6, 6.07) is 0. The highest BCUT2D eigenvalue weighted by Gasteiger charge is 1.95. The second kappa shape index (κ2) is 3.89. The first-order valence-electron chi connectivity index (χ1n) is 3.24. The molecule has 0 aromatic carbocycles. The Morgan fingerprint density at radius 2 is 2.45 bits per heavy atom. The number of rotatable bonds is 4. The van der Waals surface area contributed by atoms with Gasteiger partial charge in [0.25, 0.3) is 0 Å². The van der Waals surface area contributed by atoms with Crippen LogP contribution in [0.25, 0.3) is 0 Å². The molecule has 0 aliphatic heterocycles. The van der Waals surface area contributed by atoms with Gasteiger partial charge >= 0.3 is 5.69 Å². The predicted molar refractivity (Wildman–Crippen MR) is 37.9 cm³/mol. The van der Waals surface area contributed by atoms with Crippen LogP contribution < -0.4 is 11.4 Å². The van der Waals surface area contributed by atoms with Crippen molar-refractivity contribution in [3.63, 3.8) is 0 Å². The first kappa shape index (κ1) is 7.96. The smallest absolute Gasteiger partial charge is 0.340 e. The van der Waals surface area contributed by atoms with Crippen LogP contribution in [-0.4, -0.2) is 28.3 Å². The number of aromatic nitrogens is 3. The number of hydrogen-bond donors (Lipinski definition) is 3. The number of H-pyrrole nitrogens is 2. The van der Waals surface area contributed by atoms with E-state index in [1.54, 1.807) is 0 Å². The van der Waals surface area contributed by atoms with Crippen molar-refractivity contribution in [2.45, 2.75) is 6.61 Å². The average Bonchev–Trinajstić information content (AvgIpc) is 2.37. The Labute approximate surface area is 62.8 Å². The lowest BCUT2D eigenvalue weighted by Crippen LogP contribution is -2.09. The Morgan fingerprint density at radius 1 is 1.64 bits per heavy atom. The Kier molecular flexibility index (Phi) is 2.82. The molecule has 11 heavy (non-hydrogen) atoms. The summed E-state index contributed by atoms with van der Waals surface area (Å²) in [6.07, 6.45) is 0. The summed E-state index contributed by atoms with van der Waals surface area (Å²) in [7, 11) is 0. The van der Waals surface area contributed by atoms with E-state index in [2.05, 4.69) is 15.2 Å². The van der Waals surface area contributed by atoms with Crippen molar-refractivity contribution < 1.29 is 4.74 Å². The second-order valence-electron chi connectivity index (χ2n) is 1.97. The highest BCUT2D eigenvalue weighted by molar-refractivity contribution is 4.75. The van der Waals surface area contributed by atoms with Gasteiger partial charge in [0.05, 0.1) is 6.61 Å². The van der Waals surface area contributed by atoms with Crippen LogP contribution in [0, 0.1) is 0 Å². The summed E-state index contributed by atoms with van der Waals surface area (Å²) in [5.74, 6) is 0.489. The summed E-state index contributed by atoms with van der Waals surface area (Å²) < 4.78 is 5.00. The van der Waals surface area contributed by atoms with Crippen molar-refractivity contribution in [3.8, 4) is 0 Å². The van der Waals surface area contributed by atoms with Gasteiger partial charge in [0.15, 0.2) is 5.82 Å². The van der Waals surface area contributed by atoms with Gasteiger partial charge in [-0.25, -0.2) is 9.89 Å². The van der Waals surface area contributed by atoms with Crippen LogP contribution in [0.4, 0.5) is 0 Å². The largest absolute Gasteiger partial charge is 0.372 e. The highest BCUT2D eigenvalue weighted by atomic mass is 16.5. The Balaban J connectivity index is 2.33. The maximum absolute atomic E-state index is 10.5. The molecule has 6 heteroatoms. The molecule has 0 aliphatic carbocycles. The molecule has 1 aromatic heterocycles. The van der Waals surface area contributed by atoms with Crippen molar-refractivity contribution in [3.05, 3.63) is 16.3 Å². The summed E-state index contributed by atoms with van der Waals surface area (Å²) in [6.45, 7) is 1.22. The minimum Gasteiger partial charge on any atom is -0.372 e. The maximum Gasteiger partial charge on any atom is 0.340 e. The lowest BCUT2D eigenvalue weighted by atomic mass is 10.6. The number of hydrogen-bond acceptors (Lipinski definition) is 4. The molecule has 4 N–H and O–H groups in total. The van der Waals surface area contributed by atoms with E-state index in [0.717, 1.165) is 0 Å². The third-order valence-corrected chi connectivity index (χ3v) is 1.05. The van der Waals surface area contributed by atoms with E-state index >= 15 is 0 Å². The molecule has 0 saturated carbocycles. The molecule has 0 radical (unpaired) electrons. The van der Waals surface area contributed by atoms with Gasteiger partial charge in [0, 0.05) is 6.54 Å². The van der Waals surface area contributed by atoms with Crippen molar-refractivity contribution in [1.82, 2.24) is 15.2 Å². The average molecular weight is 158 g/mol. The summed E-state index contributed by atoms with van der Waals surface area (Å²) in [5, 5.41) is 5.85. The fourth-order valence-electron chi connectivity index (χ4n) is 0.626. The standard InChI is InChI=1S/C5H10N4O2/c6-1-2-11-3-4-7-5(10)9-8-4/h1-3,6H2,(H2,7,8,9,10). The molecule has 1 rings (SSSR count). The van der Waals surface area contributed by atoms with Gasteiger partial charge in [0.2, 0.25) is 0 Å². The first-order chi connectivity index (χ1) is 5.33. The number of nitrogens with zero attached hydrogens (tertiary/aromatic N) is 1. The molecule has 0 bridgehead atoms. The first-order valence-corrected chi connectivity index (χ1v) is 3.24. The van der Waals surface area contributed by atoms with Crippen molar-refractivity contribution in [2.24, 2.45) is 5.73 Å². The number of aromatic amines is 2. The van der Waals surface area contributed by atoms with Crippen LogP contribution >= 0.6 is 0 Å². The Hall–Kier alpha value is -1.14. The van der Waals surface area contributed by atoms with Gasteiger partial charge < -0.3 is 10.5 Å². The molecular formula is C5H10N4O2. The van der Waals surface area contributed by atoms with Crippen LogP contribution in [-0.2, 0) is 11.3 Å². The fourth-order valence-corrected chi connectivity index (χ4v) is 0.626. The van der Waals surface area contributed by atoms with E-state index in [9.17, 15) is 4.79 Å². The molecule has 0 aliphatic rings. The SMILES string of the molecule is NCCOCc1n[nH]c(=O)[nH]1. The van der Waals surface area contributed by atoms with Crippen molar-refractivity contribution in [1.29, 1.82) is 0 Å². The fraction of sp³-hybridized carbons (Fsp3) is 0.600. The topological polar surface area (TPSA) is 96.8 Å². The maximum atomic E-state index is 10.5. The van der Waals surface area contributed by atoms with Crippen molar-refractivity contribution in [2.75, 3.05) is 13.2 Å². The summed E-state index contributed by atoms with van der Waals surface area (Å²) in [5.41, 5.74) is 4.85. The van der Waals surface area contributed by atoms with Crippen LogP contribution in [0.3, 0.4) is 0 Å². The molecular weight excluding hydrogens is 148 g/mol. The van der Waals surface area contributed by atoms with Crippen LogP contribution in [0.15, 0.2) is 4.79 Å². The quantitative estimate of drug-likeness (QED) is 0.468. The minimum atomic E-state index is -0.323. The molecule has 0 unspecified atom stereocenters. The third kappa shape index (κ3) is 2.52. The van der Waals surface area contributed by atoms with Gasteiger partial charge in [-0.3, -0.25) is 4.98 Å².